The van der Waals surface area contributed by atoms with Crippen LogP contribution < -0.4 is 0 Å². The molecule has 0 saturated carbocycles. The van der Waals surface area contributed by atoms with Crippen molar-refractivity contribution < 1.29 is 32.3 Å². The highest BCUT2D eigenvalue weighted by Gasteiger charge is 2.34. The first-order chi connectivity index (χ1) is 16.3. The fourth-order valence-electron chi connectivity index (χ4n) is 3.97. The molecule has 2 aromatic carbocycles. The maximum atomic E-state index is 12.9. The van der Waals surface area contributed by atoms with Crippen LogP contribution in [0.4, 0.5) is 0 Å². The van der Waals surface area contributed by atoms with Crippen LogP contribution in [-0.4, -0.2) is 74.9 Å². The van der Waals surface area contributed by atoms with Gasteiger partial charge in [-0.05, 0) is 49.6 Å². The number of morpholine rings is 1. The van der Waals surface area contributed by atoms with Crippen LogP contribution in [0.1, 0.15) is 49.5 Å². The van der Waals surface area contributed by atoms with Gasteiger partial charge in [0.2, 0.25) is 10.0 Å². The van der Waals surface area contributed by atoms with Crippen LogP contribution in [0.3, 0.4) is 0 Å². The van der Waals surface area contributed by atoms with E-state index in [2.05, 4.69) is 0 Å². The SMILES string of the molecule is Cc1ccc(S(=O)(=O)N2CCOCC2)cc1C(=O)OCCCCN1C(=O)c2ccccc2C1=O. The number of fused-ring (bicyclic) bond motifs is 1. The first-order valence-electron chi connectivity index (χ1n) is 11.1. The van der Waals surface area contributed by atoms with Crippen molar-refractivity contribution in [3.63, 3.8) is 0 Å². The molecule has 0 aliphatic carbocycles. The van der Waals surface area contributed by atoms with Gasteiger partial charge in [-0.15, -0.1) is 0 Å². The number of unbranched alkanes of at least 4 members (excludes halogenated alkanes) is 1. The van der Waals surface area contributed by atoms with Crippen molar-refractivity contribution in [2.45, 2.75) is 24.7 Å². The fourth-order valence-corrected chi connectivity index (χ4v) is 5.41. The molecule has 0 aromatic heterocycles. The number of hydrogen-bond acceptors (Lipinski definition) is 7. The molecule has 2 heterocycles. The van der Waals surface area contributed by atoms with Crippen molar-refractivity contribution in [2.24, 2.45) is 0 Å². The number of ether oxygens (including phenoxy) is 2. The Morgan fingerprint density at radius 1 is 1.00 bits per heavy atom. The molecule has 10 heteroatoms. The monoisotopic (exact) mass is 486 g/mol. The molecule has 1 saturated heterocycles. The predicted octanol–water partition coefficient (Wildman–Crippen LogP) is 2.25. The molecular formula is C24H26N2O7S. The van der Waals surface area contributed by atoms with Gasteiger partial charge in [-0.3, -0.25) is 14.5 Å². The third-order valence-corrected chi connectivity index (χ3v) is 7.82. The van der Waals surface area contributed by atoms with Gasteiger partial charge in [-0.1, -0.05) is 18.2 Å². The summed E-state index contributed by atoms with van der Waals surface area (Å²) in [6.07, 6.45) is 0.924. The quantitative estimate of drug-likeness (QED) is 0.320. The Hall–Kier alpha value is -3.08. The van der Waals surface area contributed by atoms with E-state index in [1.54, 1.807) is 37.3 Å². The Morgan fingerprint density at radius 3 is 2.29 bits per heavy atom. The summed E-state index contributed by atoms with van der Waals surface area (Å²) in [4.78, 5) is 38.6. The smallest absolute Gasteiger partial charge is 0.338 e. The molecule has 2 aliphatic heterocycles. The normalized spacial score (nSPS) is 16.6. The highest BCUT2D eigenvalue weighted by molar-refractivity contribution is 7.89. The van der Waals surface area contributed by atoms with Crippen molar-refractivity contribution in [2.75, 3.05) is 39.5 Å². The number of amides is 2. The van der Waals surface area contributed by atoms with Crippen LogP contribution in [0.25, 0.3) is 0 Å². The molecular weight excluding hydrogens is 460 g/mol. The van der Waals surface area contributed by atoms with Crippen molar-refractivity contribution in [3.05, 3.63) is 64.7 Å². The molecule has 0 N–H and O–H groups in total. The Bertz CT molecular complexity index is 1180. The Morgan fingerprint density at radius 2 is 1.65 bits per heavy atom. The van der Waals surface area contributed by atoms with E-state index in [0.29, 0.717) is 42.7 Å². The van der Waals surface area contributed by atoms with E-state index in [9.17, 15) is 22.8 Å². The summed E-state index contributed by atoms with van der Waals surface area (Å²) in [7, 11) is -3.73. The van der Waals surface area contributed by atoms with E-state index in [0.717, 1.165) is 0 Å². The first-order valence-corrected chi connectivity index (χ1v) is 12.6. The van der Waals surface area contributed by atoms with E-state index in [1.807, 2.05) is 0 Å². The molecule has 0 radical (unpaired) electrons. The molecule has 2 amide bonds. The number of aryl methyl sites for hydroxylation is 1. The number of hydrogen-bond donors (Lipinski definition) is 0. The lowest BCUT2D eigenvalue weighted by molar-refractivity contribution is 0.0484. The number of imide groups is 1. The van der Waals surface area contributed by atoms with Crippen molar-refractivity contribution in [3.8, 4) is 0 Å². The predicted molar refractivity (Wildman–Crippen MR) is 122 cm³/mol. The molecule has 0 unspecified atom stereocenters. The van der Waals surface area contributed by atoms with Crippen molar-refractivity contribution >= 4 is 27.8 Å². The van der Waals surface area contributed by atoms with Crippen molar-refractivity contribution in [1.82, 2.24) is 9.21 Å². The maximum absolute atomic E-state index is 12.9. The summed E-state index contributed by atoms with van der Waals surface area (Å²) in [5.41, 5.74) is 1.61. The van der Waals surface area contributed by atoms with Crippen LogP contribution >= 0.6 is 0 Å². The summed E-state index contributed by atoms with van der Waals surface area (Å²) in [6.45, 7) is 3.23. The molecule has 0 bridgehead atoms. The number of carbonyl (C=O) groups is 3. The topological polar surface area (TPSA) is 110 Å². The number of rotatable bonds is 8. The van der Waals surface area contributed by atoms with Crippen molar-refractivity contribution in [1.29, 1.82) is 0 Å². The zero-order valence-corrected chi connectivity index (χ0v) is 19.7. The zero-order valence-electron chi connectivity index (χ0n) is 18.9. The molecule has 180 valence electrons. The minimum Gasteiger partial charge on any atom is -0.462 e. The molecule has 0 spiro atoms. The van der Waals surface area contributed by atoms with Crippen LogP contribution in [0.15, 0.2) is 47.4 Å². The van der Waals surface area contributed by atoms with Crippen LogP contribution in [0.2, 0.25) is 0 Å². The van der Waals surface area contributed by atoms with Gasteiger partial charge in [0.05, 0.1) is 41.4 Å². The van der Waals surface area contributed by atoms with E-state index in [-0.39, 0.29) is 48.5 Å². The van der Waals surface area contributed by atoms with E-state index < -0.39 is 16.0 Å². The van der Waals surface area contributed by atoms with Gasteiger partial charge < -0.3 is 9.47 Å². The second kappa shape index (κ2) is 10.0. The van der Waals surface area contributed by atoms with E-state index in [4.69, 9.17) is 9.47 Å². The highest BCUT2D eigenvalue weighted by Crippen LogP contribution is 2.23. The average Bonchev–Trinajstić information content (AvgIpc) is 3.09. The number of sulfonamides is 1. The lowest BCUT2D eigenvalue weighted by Gasteiger charge is -2.26. The van der Waals surface area contributed by atoms with E-state index in [1.165, 1.54) is 21.3 Å². The molecule has 9 nitrogen and oxygen atoms in total. The summed E-state index contributed by atoms with van der Waals surface area (Å²) in [5, 5.41) is 0. The van der Waals surface area contributed by atoms with Gasteiger partial charge in [0, 0.05) is 19.6 Å². The van der Waals surface area contributed by atoms with Gasteiger partial charge in [0.15, 0.2) is 0 Å². The Balaban J connectivity index is 1.31. The molecule has 4 rings (SSSR count). The van der Waals surface area contributed by atoms with Gasteiger partial charge >= 0.3 is 5.97 Å². The van der Waals surface area contributed by atoms with Crippen LogP contribution in [0, 0.1) is 6.92 Å². The molecule has 2 aromatic rings. The standard InChI is InChI=1S/C24H26N2O7S/c1-17-8-9-18(34(30,31)25-11-14-32-15-12-25)16-21(17)24(29)33-13-5-4-10-26-22(27)19-6-2-3-7-20(19)23(26)28/h2-3,6-9,16H,4-5,10-15H2,1H3. The second-order valence-corrected chi connectivity index (χ2v) is 10.1. The van der Waals surface area contributed by atoms with Gasteiger partial charge in [0.1, 0.15) is 0 Å². The molecule has 1 fully saturated rings. The lowest BCUT2D eigenvalue weighted by atomic mass is 10.1. The zero-order chi connectivity index (χ0) is 24.3. The minimum absolute atomic E-state index is 0.0394. The molecule has 2 aliphatic rings. The number of benzene rings is 2. The molecule has 0 atom stereocenters. The Labute approximate surface area is 198 Å². The minimum atomic E-state index is -3.73. The summed E-state index contributed by atoms with van der Waals surface area (Å²) < 4.78 is 37.7. The maximum Gasteiger partial charge on any atom is 0.338 e. The third-order valence-electron chi connectivity index (χ3n) is 5.92. The number of esters is 1. The summed E-state index contributed by atoms with van der Waals surface area (Å²) >= 11 is 0. The Kier molecular flexibility index (Phi) is 7.11. The van der Waals surface area contributed by atoms with Gasteiger partial charge in [-0.2, -0.15) is 4.31 Å². The number of nitrogens with zero attached hydrogens (tertiary/aromatic N) is 2. The number of carbonyl (C=O) groups excluding carboxylic acids is 3. The summed E-state index contributed by atoms with van der Waals surface area (Å²) in [5.74, 6) is -1.24. The average molecular weight is 487 g/mol. The molecule has 34 heavy (non-hydrogen) atoms. The fraction of sp³-hybridized carbons (Fsp3) is 0.375. The van der Waals surface area contributed by atoms with Gasteiger partial charge in [-0.25, -0.2) is 13.2 Å². The largest absolute Gasteiger partial charge is 0.462 e. The third kappa shape index (κ3) is 4.75. The van der Waals surface area contributed by atoms with E-state index >= 15 is 0 Å². The summed E-state index contributed by atoms with van der Waals surface area (Å²) in [6, 6.07) is 11.1. The van der Waals surface area contributed by atoms with Crippen LogP contribution in [-0.2, 0) is 19.5 Å². The second-order valence-electron chi connectivity index (χ2n) is 8.14. The lowest BCUT2D eigenvalue weighted by Crippen LogP contribution is -2.40. The first kappa shape index (κ1) is 24.1. The van der Waals surface area contributed by atoms with Crippen LogP contribution in [0.5, 0.6) is 0 Å². The van der Waals surface area contributed by atoms with Gasteiger partial charge in [0.25, 0.3) is 11.8 Å². The highest BCUT2D eigenvalue weighted by atomic mass is 32.2.